The number of hydrogen-bond donors (Lipinski definition) is 2. The molecule has 0 saturated heterocycles. The Morgan fingerprint density at radius 1 is 1.00 bits per heavy atom. The molecular formula is C15H16N2O. The van der Waals surface area contributed by atoms with Crippen molar-refractivity contribution in [2.45, 2.75) is 6.92 Å². The second-order valence-electron chi connectivity index (χ2n) is 4.10. The van der Waals surface area contributed by atoms with Crippen LogP contribution in [0.2, 0.25) is 0 Å². The van der Waals surface area contributed by atoms with Gasteiger partial charge in [-0.05, 0) is 42.8 Å². The first-order valence-electron chi connectivity index (χ1n) is 5.85. The van der Waals surface area contributed by atoms with Gasteiger partial charge in [-0.3, -0.25) is 4.79 Å². The van der Waals surface area contributed by atoms with Crippen LogP contribution >= 0.6 is 0 Å². The summed E-state index contributed by atoms with van der Waals surface area (Å²) in [5.74, 6) is -0.0908. The van der Waals surface area contributed by atoms with Gasteiger partial charge in [-0.25, -0.2) is 0 Å². The van der Waals surface area contributed by atoms with Crippen molar-refractivity contribution in [3.63, 3.8) is 0 Å². The standard InChI is InChI=1S/C15H16N2O/c1-11-5-3-4-6-14(11)17-15(18)12-7-9-13(16-2)10-8-12/h3-10,16H,1-2H3,(H,17,18). The van der Waals surface area contributed by atoms with Crippen molar-refractivity contribution in [1.29, 1.82) is 0 Å². The average Bonchev–Trinajstić information content (AvgIpc) is 2.41. The SMILES string of the molecule is CNc1ccc(C(=O)Nc2ccccc2C)cc1. The van der Waals surface area contributed by atoms with Gasteiger partial charge >= 0.3 is 0 Å². The normalized spacial score (nSPS) is 9.89. The largest absolute Gasteiger partial charge is 0.388 e. The molecule has 2 rings (SSSR count). The molecule has 2 aromatic rings. The fourth-order valence-corrected chi connectivity index (χ4v) is 1.70. The molecule has 1 amide bonds. The van der Waals surface area contributed by atoms with E-state index < -0.39 is 0 Å². The van der Waals surface area contributed by atoms with Crippen molar-refractivity contribution in [2.24, 2.45) is 0 Å². The van der Waals surface area contributed by atoms with Gasteiger partial charge in [-0.2, -0.15) is 0 Å². The van der Waals surface area contributed by atoms with Crippen molar-refractivity contribution in [3.05, 3.63) is 59.7 Å². The lowest BCUT2D eigenvalue weighted by atomic mass is 10.1. The molecule has 0 radical (unpaired) electrons. The van der Waals surface area contributed by atoms with Crippen LogP contribution in [0.15, 0.2) is 48.5 Å². The van der Waals surface area contributed by atoms with Crippen molar-refractivity contribution >= 4 is 17.3 Å². The summed E-state index contributed by atoms with van der Waals surface area (Å²) in [5.41, 5.74) is 3.54. The molecule has 0 aliphatic carbocycles. The molecule has 0 saturated carbocycles. The number of amides is 1. The summed E-state index contributed by atoms with van der Waals surface area (Å²) in [6.07, 6.45) is 0. The average molecular weight is 240 g/mol. The molecule has 0 fully saturated rings. The number of anilines is 2. The zero-order valence-corrected chi connectivity index (χ0v) is 10.5. The predicted octanol–water partition coefficient (Wildman–Crippen LogP) is 3.29. The Morgan fingerprint density at radius 2 is 1.67 bits per heavy atom. The van der Waals surface area contributed by atoms with Crippen molar-refractivity contribution < 1.29 is 4.79 Å². The van der Waals surface area contributed by atoms with Crippen molar-refractivity contribution in [1.82, 2.24) is 0 Å². The summed E-state index contributed by atoms with van der Waals surface area (Å²) in [6, 6.07) is 15.1. The highest BCUT2D eigenvalue weighted by molar-refractivity contribution is 6.04. The van der Waals surface area contributed by atoms with Gasteiger partial charge in [0.2, 0.25) is 0 Å². The minimum Gasteiger partial charge on any atom is -0.388 e. The molecule has 3 heteroatoms. The quantitative estimate of drug-likeness (QED) is 0.864. The molecule has 0 aromatic heterocycles. The maximum atomic E-state index is 12.0. The molecule has 0 bridgehead atoms. The maximum absolute atomic E-state index is 12.0. The van der Waals surface area contributed by atoms with Crippen LogP contribution in [0, 0.1) is 6.92 Å². The molecule has 2 N–H and O–H groups in total. The summed E-state index contributed by atoms with van der Waals surface area (Å²) < 4.78 is 0. The highest BCUT2D eigenvalue weighted by atomic mass is 16.1. The van der Waals surface area contributed by atoms with Gasteiger partial charge in [-0.1, -0.05) is 18.2 Å². The Morgan fingerprint density at radius 3 is 2.28 bits per heavy atom. The van der Waals surface area contributed by atoms with Crippen LogP contribution < -0.4 is 10.6 Å². The van der Waals surface area contributed by atoms with E-state index >= 15 is 0 Å². The second-order valence-corrected chi connectivity index (χ2v) is 4.10. The third-order valence-corrected chi connectivity index (χ3v) is 2.83. The monoisotopic (exact) mass is 240 g/mol. The van der Waals surface area contributed by atoms with Gasteiger partial charge in [0.25, 0.3) is 5.91 Å². The molecule has 0 spiro atoms. The molecule has 0 atom stereocenters. The van der Waals surface area contributed by atoms with Gasteiger partial charge in [0.05, 0.1) is 0 Å². The van der Waals surface area contributed by atoms with Crippen LogP contribution in [0.25, 0.3) is 0 Å². The molecule has 0 unspecified atom stereocenters. The van der Waals surface area contributed by atoms with Gasteiger partial charge in [0.1, 0.15) is 0 Å². The first kappa shape index (κ1) is 12.2. The molecular weight excluding hydrogens is 224 g/mol. The third-order valence-electron chi connectivity index (χ3n) is 2.83. The van der Waals surface area contributed by atoms with E-state index in [0.29, 0.717) is 5.56 Å². The fraction of sp³-hybridized carbons (Fsp3) is 0.133. The lowest BCUT2D eigenvalue weighted by Crippen LogP contribution is -2.12. The summed E-state index contributed by atoms with van der Waals surface area (Å²) in [4.78, 5) is 12.0. The Balaban J connectivity index is 2.14. The molecule has 0 aliphatic heterocycles. The Bertz CT molecular complexity index is 547. The summed E-state index contributed by atoms with van der Waals surface area (Å²) in [6.45, 7) is 1.97. The summed E-state index contributed by atoms with van der Waals surface area (Å²) >= 11 is 0. The van der Waals surface area contributed by atoms with E-state index in [2.05, 4.69) is 10.6 Å². The number of aryl methyl sites for hydroxylation is 1. The Hall–Kier alpha value is -2.29. The van der Waals surface area contributed by atoms with Crippen LogP contribution in [0.4, 0.5) is 11.4 Å². The number of para-hydroxylation sites is 1. The van der Waals surface area contributed by atoms with E-state index in [4.69, 9.17) is 0 Å². The summed E-state index contributed by atoms with van der Waals surface area (Å²) in [5, 5.41) is 5.92. The van der Waals surface area contributed by atoms with E-state index in [1.54, 1.807) is 12.1 Å². The highest BCUT2D eigenvalue weighted by Crippen LogP contribution is 2.15. The first-order valence-corrected chi connectivity index (χ1v) is 5.85. The van der Waals surface area contributed by atoms with Gasteiger partial charge in [0.15, 0.2) is 0 Å². The third kappa shape index (κ3) is 2.69. The van der Waals surface area contributed by atoms with Crippen LogP contribution in [0.5, 0.6) is 0 Å². The molecule has 2 aromatic carbocycles. The van der Waals surface area contributed by atoms with Gasteiger partial charge < -0.3 is 10.6 Å². The van der Waals surface area contributed by atoms with Crippen molar-refractivity contribution in [2.75, 3.05) is 17.7 Å². The van der Waals surface area contributed by atoms with Gasteiger partial charge in [-0.15, -0.1) is 0 Å². The van der Waals surface area contributed by atoms with Crippen LogP contribution in [0.1, 0.15) is 15.9 Å². The topological polar surface area (TPSA) is 41.1 Å². The van der Waals surface area contributed by atoms with Crippen LogP contribution in [0.3, 0.4) is 0 Å². The smallest absolute Gasteiger partial charge is 0.255 e. The highest BCUT2D eigenvalue weighted by Gasteiger charge is 2.06. The molecule has 92 valence electrons. The Kier molecular flexibility index (Phi) is 3.63. The zero-order valence-electron chi connectivity index (χ0n) is 10.5. The van der Waals surface area contributed by atoms with E-state index in [1.807, 2.05) is 50.4 Å². The van der Waals surface area contributed by atoms with E-state index in [0.717, 1.165) is 16.9 Å². The van der Waals surface area contributed by atoms with Crippen LogP contribution in [-0.2, 0) is 0 Å². The fourth-order valence-electron chi connectivity index (χ4n) is 1.70. The molecule has 18 heavy (non-hydrogen) atoms. The van der Waals surface area contributed by atoms with Crippen molar-refractivity contribution in [3.8, 4) is 0 Å². The molecule has 0 heterocycles. The Labute approximate surface area is 107 Å². The number of carbonyl (C=O) groups excluding carboxylic acids is 1. The van der Waals surface area contributed by atoms with E-state index in [1.165, 1.54) is 0 Å². The minimum atomic E-state index is -0.0908. The number of hydrogen-bond acceptors (Lipinski definition) is 2. The van der Waals surface area contributed by atoms with Crippen LogP contribution in [-0.4, -0.2) is 13.0 Å². The zero-order chi connectivity index (χ0) is 13.0. The number of nitrogens with one attached hydrogen (secondary N) is 2. The molecule has 3 nitrogen and oxygen atoms in total. The lowest BCUT2D eigenvalue weighted by Gasteiger charge is -2.08. The lowest BCUT2D eigenvalue weighted by molar-refractivity contribution is 0.102. The number of carbonyl (C=O) groups is 1. The van der Waals surface area contributed by atoms with E-state index in [-0.39, 0.29) is 5.91 Å². The van der Waals surface area contributed by atoms with Gasteiger partial charge in [0, 0.05) is 24.0 Å². The number of benzene rings is 2. The minimum absolute atomic E-state index is 0.0908. The summed E-state index contributed by atoms with van der Waals surface area (Å²) in [7, 11) is 1.85. The molecule has 0 aliphatic rings. The predicted molar refractivity (Wildman–Crippen MR) is 75.1 cm³/mol. The van der Waals surface area contributed by atoms with E-state index in [9.17, 15) is 4.79 Å². The maximum Gasteiger partial charge on any atom is 0.255 e. The first-order chi connectivity index (χ1) is 8.70. The second kappa shape index (κ2) is 5.36. The number of rotatable bonds is 3.